The minimum atomic E-state index is -1.54. The summed E-state index contributed by atoms with van der Waals surface area (Å²) in [6.45, 7) is 1.54. The Morgan fingerprint density at radius 3 is 2.44 bits per heavy atom. The second-order valence-corrected chi connectivity index (χ2v) is 4.63. The summed E-state index contributed by atoms with van der Waals surface area (Å²) in [5.41, 5.74) is 5.87. The molecule has 0 heterocycles. The average molecular weight is 228 g/mol. The summed E-state index contributed by atoms with van der Waals surface area (Å²) in [5, 5.41) is 20.2. The zero-order chi connectivity index (χ0) is 12.1. The lowest BCUT2D eigenvalue weighted by Crippen LogP contribution is -2.52. The molecule has 1 amide bonds. The van der Waals surface area contributed by atoms with E-state index in [4.69, 9.17) is 15.8 Å². The van der Waals surface area contributed by atoms with Crippen molar-refractivity contribution in [2.45, 2.75) is 51.0 Å². The molecule has 0 bridgehead atoms. The Morgan fingerprint density at radius 2 is 1.94 bits per heavy atom. The van der Waals surface area contributed by atoms with Gasteiger partial charge in [0.25, 0.3) is 0 Å². The Hall–Kier alpha value is -0.585. The van der Waals surface area contributed by atoms with Crippen LogP contribution in [-0.4, -0.2) is 35.1 Å². The average Bonchev–Trinajstić information content (AvgIpc) is 2.28. The molecule has 0 radical (unpaired) electrons. The monoisotopic (exact) mass is 228 g/mol. The molecule has 0 saturated heterocycles. The van der Waals surface area contributed by atoms with Gasteiger partial charge in [0.15, 0.2) is 0 Å². The fourth-order valence-electron chi connectivity index (χ4n) is 2.10. The predicted molar refractivity (Wildman–Crippen MR) is 62.3 cm³/mol. The molecular weight excluding hydrogens is 207 g/mol. The van der Waals surface area contributed by atoms with Crippen molar-refractivity contribution in [1.29, 1.82) is 0 Å². The van der Waals surface area contributed by atoms with Crippen molar-refractivity contribution in [3.8, 4) is 0 Å². The number of carbonyl (C=O) groups is 1. The molecule has 5 N–H and O–H groups in total. The zero-order valence-electron chi connectivity index (χ0n) is 9.72. The van der Waals surface area contributed by atoms with Gasteiger partial charge in [-0.15, -0.1) is 0 Å². The summed E-state index contributed by atoms with van der Waals surface area (Å²) in [7, 11) is -1.54. The molecule has 0 unspecified atom stereocenters. The minimum Gasteiger partial charge on any atom is -0.426 e. The van der Waals surface area contributed by atoms with Crippen LogP contribution in [0.25, 0.3) is 0 Å². The number of amides is 1. The lowest BCUT2D eigenvalue weighted by Gasteiger charge is -2.27. The van der Waals surface area contributed by atoms with Gasteiger partial charge in [-0.1, -0.05) is 19.3 Å². The molecule has 1 aliphatic carbocycles. The highest BCUT2D eigenvalue weighted by Gasteiger charge is 2.28. The molecule has 1 aliphatic rings. The van der Waals surface area contributed by atoms with E-state index in [0.29, 0.717) is 0 Å². The first-order chi connectivity index (χ1) is 7.52. The summed E-state index contributed by atoms with van der Waals surface area (Å²) < 4.78 is 0. The van der Waals surface area contributed by atoms with E-state index in [-0.39, 0.29) is 11.8 Å². The molecule has 0 aliphatic heterocycles. The largest absolute Gasteiger partial charge is 0.475 e. The predicted octanol–water partition coefficient (Wildman–Crippen LogP) is -0.589. The second-order valence-electron chi connectivity index (χ2n) is 4.63. The smallest absolute Gasteiger partial charge is 0.426 e. The molecule has 6 heteroatoms. The molecule has 1 rings (SSSR count). The fourth-order valence-corrected chi connectivity index (χ4v) is 2.10. The minimum absolute atomic E-state index is 0.233. The highest BCUT2D eigenvalue weighted by atomic mass is 16.4. The van der Waals surface area contributed by atoms with Gasteiger partial charge in [-0.25, -0.2) is 0 Å². The van der Waals surface area contributed by atoms with Crippen LogP contribution in [0.1, 0.15) is 39.0 Å². The van der Waals surface area contributed by atoms with Crippen LogP contribution in [0.5, 0.6) is 0 Å². The molecule has 16 heavy (non-hydrogen) atoms. The van der Waals surface area contributed by atoms with E-state index in [1.54, 1.807) is 0 Å². The molecule has 5 nitrogen and oxygen atoms in total. The first kappa shape index (κ1) is 13.5. The van der Waals surface area contributed by atoms with Crippen LogP contribution in [0, 0.1) is 5.92 Å². The molecule has 0 aromatic rings. The van der Waals surface area contributed by atoms with Crippen molar-refractivity contribution in [3.05, 3.63) is 0 Å². The summed E-state index contributed by atoms with van der Waals surface area (Å²) in [5.74, 6) is -0.730. The van der Waals surface area contributed by atoms with Crippen molar-refractivity contribution >= 4 is 13.0 Å². The quantitative estimate of drug-likeness (QED) is 0.483. The van der Waals surface area contributed by atoms with Crippen LogP contribution in [0.4, 0.5) is 0 Å². The van der Waals surface area contributed by atoms with Crippen molar-refractivity contribution in [3.63, 3.8) is 0 Å². The Balaban J connectivity index is 2.40. The Kier molecular flexibility index (Phi) is 5.24. The van der Waals surface area contributed by atoms with E-state index in [1.165, 1.54) is 13.3 Å². The maximum atomic E-state index is 11.7. The molecule has 0 aromatic heterocycles. The van der Waals surface area contributed by atoms with Gasteiger partial charge >= 0.3 is 7.12 Å². The van der Waals surface area contributed by atoms with Gasteiger partial charge in [0, 0.05) is 0 Å². The topological polar surface area (TPSA) is 95.6 Å². The molecule has 2 atom stereocenters. The Morgan fingerprint density at radius 1 is 1.38 bits per heavy atom. The van der Waals surface area contributed by atoms with E-state index in [2.05, 4.69) is 5.32 Å². The molecular formula is C10H21BN2O3. The highest BCUT2D eigenvalue weighted by molar-refractivity contribution is 6.43. The van der Waals surface area contributed by atoms with Crippen LogP contribution < -0.4 is 11.1 Å². The van der Waals surface area contributed by atoms with Gasteiger partial charge < -0.3 is 21.1 Å². The molecule has 0 spiro atoms. The number of nitrogens with one attached hydrogen (secondary N) is 1. The number of rotatable bonds is 4. The van der Waals surface area contributed by atoms with Crippen LogP contribution in [0.2, 0.25) is 0 Å². The summed E-state index contributed by atoms with van der Waals surface area (Å²) in [6, 6.07) is -0.526. The zero-order valence-corrected chi connectivity index (χ0v) is 9.72. The SMILES string of the molecule is C[C@H](NC(=O)[C@H](N)C1CCCCC1)B(O)O. The van der Waals surface area contributed by atoms with Crippen molar-refractivity contribution in [2.75, 3.05) is 0 Å². The van der Waals surface area contributed by atoms with E-state index in [0.717, 1.165) is 25.7 Å². The maximum Gasteiger partial charge on any atom is 0.475 e. The van der Waals surface area contributed by atoms with Crippen LogP contribution >= 0.6 is 0 Å². The van der Waals surface area contributed by atoms with Crippen molar-refractivity contribution < 1.29 is 14.8 Å². The first-order valence-corrected chi connectivity index (χ1v) is 5.94. The number of carbonyl (C=O) groups excluding carboxylic acids is 1. The van der Waals surface area contributed by atoms with Gasteiger partial charge in [-0.2, -0.15) is 0 Å². The van der Waals surface area contributed by atoms with E-state index in [1.807, 2.05) is 0 Å². The van der Waals surface area contributed by atoms with Crippen molar-refractivity contribution in [1.82, 2.24) is 5.32 Å². The molecule has 1 saturated carbocycles. The van der Waals surface area contributed by atoms with E-state index >= 15 is 0 Å². The normalized spacial score (nSPS) is 21.2. The maximum absolute atomic E-state index is 11.7. The van der Waals surface area contributed by atoms with Gasteiger partial charge in [0.05, 0.1) is 12.0 Å². The first-order valence-electron chi connectivity index (χ1n) is 5.94. The third kappa shape index (κ3) is 3.77. The molecule has 92 valence electrons. The van der Waals surface area contributed by atoms with Gasteiger partial charge in [0.2, 0.25) is 5.91 Å². The van der Waals surface area contributed by atoms with Gasteiger partial charge in [-0.3, -0.25) is 4.79 Å². The van der Waals surface area contributed by atoms with E-state index < -0.39 is 19.1 Å². The summed E-state index contributed by atoms with van der Waals surface area (Å²) in [4.78, 5) is 11.7. The Labute approximate surface area is 96.6 Å². The van der Waals surface area contributed by atoms with Gasteiger partial charge in [-0.05, 0) is 25.7 Å². The molecule has 0 aromatic carbocycles. The fraction of sp³-hybridized carbons (Fsp3) is 0.900. The number of nitrogens with two attached hydrogens (primary N) is 1. The van der Waals surface area contributed by atoms with E-state index in [9.17, 15) is 4.79 Å². The lowest BCUT2D eigenvalue weighted by molar-refractivity contribution is -0.124. The van der Waals surface area contributed by atoms with Crippen LogP contribution in [0.15, 0.2) is 0 Å². The van der Waals surface area contributed by atoms with Crippen LogP contribution in [0.3, 0.4) is 0 Å². The highest BCUT2D eigenvalue weighted by Crippen LogP contribution is 2.25. The number of hydrogen-bond donors (Lipinski definition) is 4. The Bertz CT molecular complexity index is 232. The summed E-state index contributed by atoms with van der Waals surface area (Å²) >= 11 is 0. The van der Waals surface area contributed by atoms with Crippen molar-refractivity contribution in [2.24, 2.45) is 11.7 Å². The van der Waals surface area contributed by atoms with Crippen LogP contribution in [-0.2, 0) is 4.79 Å². The second kappa shape index (κ2) is 6.22. The third-order valence-electron chi connectivity index (χ3n) is 3.28. The third-order valence-corrected chi connectivity index (χ3v) is 3.28. The summed E-state index contributed by atoms with van der Waals surface area (Å²) in [6.07, 6.45) is 5.46. The van der Waals surface area contributed by atoms with Gasteiger partial charge in [0.1, 0.15) is 0 Å². The standard InChI is InChI=1S/C10H21BN2O3/c1-7(11(15)16)13-10(14)9(12)8-5-3-2-4-6-8/h7-9,15-16H,2-6,12H2,1H3,(H,13,14)/t7-,9+/m0/s1. The number of hydrogen-bond acceptors (Lipinski definition) is 4. The molecule has 1 fully saturated rings. The lowest BCUT2D eigenvalue weighted by atomic mass is 9.80.